The summed E-state index contributed by atoms with van der Waals surface area (Å²) in [5.74, 6) is -3.12. The molecule has 45 heavy (non-hydrogen) atoms. The average molecular weight is 628 g/mol. The Balaban J connectivity index is 1.45. The van der Waals surface area contributed by atoms with Gasteiger partial charge in [0.25, 0.3) is 5.56 Å². The average Bonchev–Trinajstić information content (AvgIpc) is 3.40. The maximum absolute atomic E-state index is 15.6. The predicted molar refractivity (Wildman–Crippen MR) is 172 cm³/mol. The van der Waals surface area contributed by atoms with Gasteiger partial charge >= 0.3 is 0 Å². The molecule has 6 rings (SSSR count). The lowest BCUT2D eigenvalue weighted by molar-refractivity contribution is 0.468. The Kier molecular flexibility index (Phi) is 8.26. The molecule has 1 atom stereocenters. The lowest BCUT2D eigenvalue weighted by atomic mass is 9.84. The molecule has 1 unspecified atom stereocenters. The van der Waals surface area contributed by atoms with Crippen molar-refractivity contribution in [2.24, 2.45) is 7.05 Å². The van der Waals surface area contributed by atoms with E-state index in [1.54, 1.807) is 55.6 Å². The molecular weight excluding hydrogens is 596 g/mol. The second-order valence-electron chi connectivity index (χ2n) is 11.0. The van der Waals surface area contributed by atoms with Crippen molar-refractivity contribution in [2.45, 2.75) is 24.5 Å². The molecule has 0 amide bonds. The molecule has 0 aliphatic rings. The Hall–Kier alpha value is -4.80. The van der Waals surface area contributed by atoms with Crippen molar-refractivity contribution < 1.29 is 22.3 Å². The Morgan fingerprint density at radius 3 is 2.38 bits per heavy atom. The number of hydrogen-bond acceptors (Lipinski definition) is 4. The molecule has 0 aliphatic carbocycles. The fraction of sp³-hybridized carbons (Fsp3) is 0.171. The van der Waals surface area contributed by atoms with Crippen LogP contribution in [0.3, 0.4) is 0 Å². The van der Waals surface area contributed by atoms with Crippen LogP contribution in [0.2, 0.25) is 0 Å². The number of pyridine rings is 1. The van der Waals surface area contributed by atoms with E-state index in [-0.39, 0.29) is 29.2 Å². The number of rotatable bonds is 10. The molecule has 6 aromatic rings. The number of aromatic amines is 1. The largest absolute Gasteiger partial charge is 0.507 e. The number of hydrogen-bond donors (Lipinski definition) is 3. The molecule has 2 heterocycles. The molecule has 0 saturated carbocycles. The Labute approximate surface area is 258 Å². The van der Waals surface area contributed by atoms with Crippen LogP contribution >= 0.6 is 0 Å². The Bertz CT molecular complexity index is 2190. The number of fused-ring (bicyclic) bond motifs is 2. The zero-order valence-electron chi connectivity index (χ0n) is 24.4. The number of aromatic nitrogens is 2. The maximum Gasteiger partial charge on any atom is 0.258 e. The molecule has 0 fully saturated rings. The van der Waals surface area contributed by atoms with Crippen molar-refractivity contribution in [3.8, 4) is 5.75 Å². The molecule has 10 heteroatoms. The molecule has 0 radical (unpaired) electrons. The van der Waals surface area contributed by atoms with Gasteiger partial charge in [-0.15, -0.1) is 0 Å². The highest BCUT2D eigenvalue weighted by Gasteiger charge is 2.32. The molecule has 7 nitrogen and oxygen atoms in total. The number of benzene rings is 4. The monoisotopic (exact) mass is 627 g/mol. The summed E-state index contributed by atoms with van der Waals surface area (Å²) in [5.41, 5.74) is 2.20. The molecule has 0 saturated heterocycles. The summed E-state index contributed by atoms with van der Waals surface area (Å²) in [5, 5.41) is 12.8. The van der Waals surface area contributed by atoms with Crippen LogP contribution in [-0.4, -0.2) is 29.6 Å². The number of halogens is 2. The van der Waals surface area contributed by atoms with Crippen LogP contribution < -0.4 is 10.3 Å². The predicted octanol–water partition coefficient (Wildman–Crippen LogP) is 6.24. The second-order valence-corrected chi connectivity index (χ2v) is 12.9. The van der Waals surface area contributed by atoms with E-state index in [2.05, 4.69) is 9.71 Å². The van der Waals surface area contributed by atoms with Crippen molar-refractivity contribution in [3.05, 3.63) is 147 Å². The summed E-state index contributed by atoms with van der Waals surface area (Å²) in [6.07, 6.45) is 0.720. The first-order valence-corrected chi connectivity index (χ1v) is 16.2. The standard InChI is InChI=1S/C35H31F2N3O4S/c1-40-30-16-8-6-13-26(30)34(41)32(35(40)42)31(27-20-23(36)17-18-28(27)37)33-25(24-12-5-7-15-29(24)39-33)14-9-19-38-45(43,44)21-22-10-3-2-4-11-22/h2-8,10-13,15-18,20,31,38-39,41H,9,14,19,21H2,1H3. The normalized spacial score (nSPS) is 12.6. The Morgan fingerprint density at radius 1 is 0.911 bits per heavy atom. The minimum absolute atomic E-state index is 0.0999. The summed E-state index contributed by atoms with van der Waals surface area (Å²) in [6.45, 7) is 0.135. The van der Waals surface area contributed by atoms with Crippen LogP contribution in [0.4, 0.5) is 8.78 Å². The van der Waals surface area contributed by atoms with Crippen LogP contribution in [0, 0.1) is 11.6 Å². The maximum atomic E-state index is 15.6. The first-order valence-electron chi connectivity index (χ1n) is 14.5. The van der Waals surface area contributed by atoms with Gasteiger partial charge in [0.15, 0.2) is 0 Å². The van der Waals surface area contributed by atoms with E-state index in [0.29, 0.717) is 46.1 Å². The highest BCUT2D eigenvalue weighted by Crippen LogP contribution is 2.42. The number of H-pyrrole nitrogens is 1. The molecule has 0 bridgehead atoms. The third-order valence-electron chi connectivity index (χ3n) is 8.13. The van der Waals surface area contributed by atoms with E-state index in [0.717, 1.165) is 23.6 Å². The van der Waals surface area contributed by atoms with Crippen LogP contribution in [0.5, 0.6) is 5.75 Å². The summed E-state index contributed by atoms with van der Waals surface area (Å²) < 4.78 is 59.9. The van der Waals surface area contributed by atoms with Crippen LogP contribution in [0.25, 0.3) is 21.8 Å². The molecule has 2 aromatic heterocycles. The van der Waals surface area contributed by atoms with Gasteiger partial charge in [-0.05, 0) is 60.4 Å². The van der Waals surface area contributed by atoms with Crippen molar-refractivity contribution >= 4 is 31.8 Å². The first kappa shape index (κ1) is 30.2. The minimum Gasteiger partial charge on any atom is -0.507 e. The highest BCUT2D eigenvalue weighted by molar-refractivity contribution is 7.88. The zero-order valence-corrected chi connectivity index (χ0v) is 25.2. The number of nitrogens with one attached hydrogen (secondary N) is 2. The van der Waals surface area contributed by atoms with Gasteiger partial charge in [0.2, 0.25) is 10.0 Å². The third-order valence-corrected chi connectivity index (χ3v) is 9.49. The van der Waals surface area contributed by atoms with Crippen LogP contribution in [0.15, 0.2) is 102 Å². The van der Waals surface area contributed by atoms with Crippen molar-refractivity contribution in [1.82, 2.24) is 14.3 Å². The van der Waals surface area contributed by atoms with Crippen LogP contribution in [-0.2, 0) is 29.2 Å². The number of sulfonamides is 1. The number of aromatic hydroxyl groups is 1. The topological polar surface area (TPSA) is 104 Å². The van der Waals surface area contributed by atoms with Gasteiger partial charge in [-0.3, -0.25) is 4.79 Å². The van der Waals surface area contributed by atoms with E-state index in [1.807, 2.05) is 30.3 Å². The first-order chi connectivity index (χ1) is 21.6. The zero-order chi connectivity index (χ0) is 31.7. The SMILES string of the molecule is Cn1c(=O)c(C(c2cc(F)ccc2F)c2[nH]c3ccccc3c2CCCNS(=O)(=O)Cc2ccccc2)c(O)c2ccccc21. The third kappa shape index (κ3) is 5.99. The number of aryl methyl sites for hydroxylation is 2. The van der Waals surface area contributed by atoms with E-state index < -0.39 is 33.1 Å². The van der Waals surface area contributed by atoms with E-state index in [9.17, 15) is 22.7 Å². The summed E-state index contributed by atoms with van der Waals surface area (Å²) in [7, 11) is -2.03. The number of nitrogens with zero attached hydrogens (tertiary/aromatic N) is 1. The van der Waals surface area contributed by atoms with Gasteiger partial charge in [0.05, 0.1) is 22.8 Å². The molecule has 4 aromatic carbocycles. The van der Waals surface area contributed by atoms with Gasteiger partial charge < -0.3 is 14.7 Å². The van der Waals surface area contributed by atoms with Crippen LogP contribution in [0.1, 0.15) is 40.3 Å². The second kappa shape index (κ2) is 12.3. The van der Waals surface area contributed by atoms with E-state index >= 15 is 4.39 Å². The smallest absolute Gasteiger partial charge is 0.258 e. The summed E-state index contributed by atoms with van der Waals surface area (Å²) in [4.78, 5) is 17.3. The summed E-state index contributed by atoms with van der Waals surface area (Å²) >= 11 is 0. The molecule has 3 N–H and O–H groups in total. The molecule has 0 spiro atoms. The van der Waals surface area contributed by atoms with Gasteiger partial charge in [-0.2, -0.15) is 0 Å². The highest BCUT2D eigenvalue weighted by atomic mass is 32.2. The van der Waals surface area contributed by atoms with E-state index in [4.69, 9.17) is 0 Å². The number of para-hydroxylation sites is 2. The molecular formula is C35H31F2N3O4S. The van der Waals surface area contributed by atoms with Gasteiger partial charge in [-0.25, -0.2) is 21.9 Å². The minimum atomic E-state index is -3.60. The lowest BCUT2D eigenvalue weighted by Gasteiger charge is -2.22. The van der Waals surface area contributed by atoms with E-state index in [1.165, 1.54) is 4.57 Å². The van der Waals surface area contributed by atoms with Gasteiger partial charge in [0.1, 0.15) is 17.4 Å². The Morgan fingerprint density at radius 2 is 1.60 bits per heavy atom. The fourth-order valence-electron chi connectivity index (χ4n) is 6.03. The van der Waals surface area contributed by atoms with Gasteiger partial charge in [0, 0.05) is 41.1 Å². The van der Waals surface area contributed by atoms with Crippen molar-refractivity contribution in [2.75, 3.05) is 6.54 Å². The van der Waals surface area contributed by atoms with Gasteiger partial charge in [-0.1, -0.05) is 60.7 Å². The fourth-order valence-corrected chi connectivity index (χ4v) is 7.22. The lowest BCUT2D eigenvalue weighted by Crippen LogP contribution is -2.27. The quantitative estimate of drug-likeness (QED) is 0.157. The molecule has 230 valence electrons. The molecule has 0 aliphatic heterocycles. The van der Waals surface area contributed by atoms with Crippen molar-refractivity contribution in [1.29, 1.82) is 0 Å². The van der Waals surface area contributed by atoms with Crippen molar-refractivity contribution in [3.63, 3.8) is 0 Å². The summed E-state index contributed by atoms with van der Waals surface area (Å²) in [6, 6.07) is 26.1.